The molecule has 0 aliphatic carbocycles. The molecule has 4 heteroatoms. The fourth-order valence-corrected chi connectivity index (χ4v) is 2.39. The SMILES string of the molecule is CCNC(Cc1ccn(C)n1)c1ccncc1CC. The van der Waals surface area contributed by atoms with Crippen LogP contribution >= 0.6 is 0 Å². The molecule has 0 radical (unpaired) electrons. The van der Waals surface area contributed by atoms with Gasteiger partial charge in [-0.2, -0.15) is 5.10 Å². The summed E-state index contributed by atoms with van der Waals surface area (Å²) in [7, 11) is 1.95. The van der Waals surface area contributed by atoms with Gasteiger partial charge in [-0.25, -0.2) is 0 Å². The van der Waals surface area contributed by atoms with E-state index in [0.717, 1.165) is 25.1 Å². The molecule has 1 N–H and O–H groups in total. The highest BCUT2D eigenvalue weighted by Gasteiger charge is 2.15. The number of nitrogens with one attached hydrogen (secondary N) is 1. The molecule has 0 aromatic carbocycles. The smallest absolute Gasteiger partial charge is 0.0643 e. The lowest BCUT2D eigenvalue weighted by atomic mass is 9.97. The number of rotatable bonds is 6. The maximum Gasteiger partial charge on any atom is 0.0643 e. The summed E-state index contributed by atoms with van der Waals surface area (Å²) in [5.74, 6) is 0. The second-order valence-electron chi connectivity index (χ2n) is 4.72. The quantitative estimate of drug-likeness (QED) is 0.864. The van der Waals surface area contributed by atoms with Crippen LogP contribution in [0.25, 0.3) is 0 Å². The van der Waals surface area contributed by atoms with Crippen LogP contribution in [0.2, 0.25) is 0 Å². The van der Waals surface area contributed by atoms with Crippen molar-refractivity contribution in [3.05, 3.63) is 47.5 Å². The first-order valence-corrected chi connectivity index (χ1v) is 6.89. The minimum Gasteiger partial charge on any atom is -0.310 e. The van der Waals surface area contributed by atoms with Crippen LogP contribution in [-0.4, -0.2) is 21.3 Å². The molecule has 0 spiro atoms. The molecule has 0 fully saturated rings. The highest BCUT2D eigenvalue weighted by molar-refractivity contribution is 5.28. The van der Waals surface area contributed by atoms with Gasteiger partial charge in [0.05, 0.1) is 5.69 Å². The van der Waals surface area contributed by atoms with Gasteiger partial charge in [0.2, 0.25) is 0 Å². The minimum atomic E-state index is 0.304. The zero-order valence-corrected chi connectivity index (χ0v) is 11.9. The molecule has 2 rings (SSSR count). The maximum absolute atomic E-state index is 4.47. The van der Waals surface area contributed by atoms with Gasteiger partial charge in [-0.05, 0) is 36.2 Å². The topological polar surface area (TPSA) is 42.7 Å². The van der Waals surface area contributed by atoms with E-state index in [2.05, 4.69) is 41.4 Å². The second kappa shape index (κ2) is 6.48. The molecule has 0 bridgehead atoms. The number of likely N-dealkylation sites (N-methyl/N-ethyl adjacent to an activating group) is 1. The lowest BCUT2D eigenvalue weighted by Gasteiger charge is -2.20. The average molecular weight is 258 g/mol. The lowest BCUT2D eigenvalue weighted by Crippen LogP contribution is -2.24. The van der Waals surface area contributed by atoms with Crippen molar-refractivity contribution in [3.63, 3.8) is 0 Å². The summed E-state index contributed by atoms with van der Waals surface area (Å²) in [6.07, 6.45) is 7.75. The van der Waals surface area contributed by atoms with Crippen molar-refractivity contribution < 1.29 is 0 Å². The zero-order valence-electron chi connectivity index (χ0n) is 11.9. The number of aryl methyl sites for hydroxylation is 2. The molecule has 0 saturated carbocycles. The Labute approximate surface area is 114 Å². The summed E-state index contributed by atoms with van der Waals surface area (Å²) in [6, 6.07) is 4.50. The van der Waals surface area contributed by atoms with Gasteiger partial charge < -0.3 is 5.32 Å². The Hall–Kier alpha value is -1.68. The first-order chi connectivity index (χ1) is 9.24. The molecular formula is C15H22N4. The second-order valence-corrected chi connectivity index (χ2v) is 4.72. The number of nitrogens with zero attached hydrogens (tertiary/aromatic N) is 3. The van der Waals surface area contributed by atoms with Crippen LogP contribution in [0, 0.1) is 0 Å². The minimum absolute atomic E-state index is 0.304. The molecule has 0 amide bonds. The predicted molar refractivity (Wildman–Crippen MR) is 76.9 cm³/mol. The Balaban J connectivity index is 2.23. The Morgan fingerprint density at radius 2 is 2.16 bits per heavy atom. The number of hydrogen-bond acceptors (Lipinski definition) is 3. The number of hydrogen-bond donors (Lipinski definition) is 1. The first kappa shape index (κ1) is 13.7. The van der Waals surface area contributed by atoms with Crippen molar-refractivity contribution in [3.8, 4) is 0 Å². The Bertz CT molecular complexity index is 518. The van der Waals surface area contributed by atoms with Crippen molar-refractivity contribution in [1.82, 2.24) is 20.1 Å². The molecule has 102 valence electrons. The van der Waals surface area contributed by atoms with E-state index < -0.39 is 0 Å². The Morgan fingerprint density at radius 1 is 1.32 bits per heavy atom. The number of pyridine rings is 1. The van der Waals surface area contributed by atoms with E-state index in [1.54, 1.807) is 0 Å². The zero-order chi connectivity index (χ0) is 13.7. The summed E-state index contributed by atoms with van der Waals surface area (Å²) >= 11 is 0. The summed E-state index contributed by atoms with van der Waals surface area (Å²) < 4.78 is 1.85. The van der Waals surface area contributed by atoms with E-state index in [1.807, 2.05) is 30.3 Å². The highest BCUT2D eigenvalue weighted by Crippen LogP contribution is 2.21. The van der Waals surface area contributed by atoms with Crippen LogP contribution in [0.15, 0.2) is 30.7 Å². The molecule has 0 aliphatic rings. The van der Waals surface area contributed by atoms with Gasteiger partial charge in [-0.3, -0.25) is 9.67 Å². The van der Waals surface area contributed by atoms with Crippen molar-refractivity contribution in [2.45, 2.75) is 32.7 Å². The van der Waals surface area contributed by atoms with E-state index in [0.29, 0.717) is 6.04 Å². The largest absolute Gasteiger partial charge is 0.310 e. The molecule has 2 aromatic rings. The van der Waals surface area contributed by atoms with Crippen LogP contribution in [-0.2, 0) is 19.9 Å². The van der Waals surface area contributed by atoms with Gasteiger partial charge in [0, 0.05) is 38.1 Å². The third-order valence-electron chi connectivity index (χ3n) is 3.33. The monoisotopic (exact) mass is 258 g/mol. The molecule has 1 atom stereocenters. The van der Waals surface area contributed by atoms with Crippen LogP contribution in [0.4, 0.5) is 0 Å². The fourth-order valence-electron chi connectivity index (χ4n) is 2.39. The normalized spacial score (nSPS) is 12.6. The van der Waals surface area contributed by atoms with Crippen molar-refractivity contribution in [1.29, 1.82) is 0 Å². The molecule has 0 saturated heterocycles. The van der Waals surface area contributed by atoms with Crippen LogP contribution in [0.5, 0.6) is 0 Å². The van der Waals surface area contributed by atoms with Crippen molar-refractivity contribution in [2.75, 3.05) is 6.54 Å². The van der Waals surface area contributed by atoms with E-state index >= 15 is 0 Å². The standard InChI is InChI=1S/C15H22N4/c1-4-12-11-16-8-6-14(12)15(17-5-2)10-13-7-9-19(3)18-13/h6-9,11,15,17H,4-5,10H2,1-3H3. The van der Waals surface area contributed by atoms with Gasteiger partial charge >= 0.3 is 0 Å². The van der Waals surface area contributed by atoms with Crippen LogP contribution < -0.4 is 5.32 Å². The molecule has 19 heavy (non-hydrogen) atoms. The maximum atomic E-state index is 4.47. The summed E-state index contributed by atoms with van der Waals surface area (Å²) in [5, 5.41) is 8.03. The predicted octanol–water partition coefficient (Wildman–Crippen LogP) is 2.27. The Kier molecular flexibility index (Phi) is 4.68. The van der Waals surface area contributed by atoms with E-state index in [1.165, 1.54) is 11.1 Å². The molecule has 1 unspecified atom stereocenters. The summed E-state index contributed by atoms with van der Waals surface area (Å²) in [6.45, 7) is 5.26. The van der Waals surface area contributed by atoms with Crippen LogP contribution in [0.3, 0.4) is 0 Å². The van der Waals surface area contributed by atoms with Gasteiger partial charge in [0.15, 0.2) is 0 Å². The van der Waals surface area contributed by atoms with E-state index in [4.69, 9.17) is 0 Å². The van der Waals surface area contributed by atoms with Crippen molar-refractivity contribution >= 4 is 0 Å². The summed E-state index contributed by atoms with van der Waals surface area (Å²) in [5.41, 5.74) is 3.77. The van der Waals surface area contributed by atoms with Gasteiger partial charge in [0.1, 0.15) is 0 Å². The van der Waals surface area contributed by atoms with Crippen molar-refractivity contribution in [2.24, 2.45) is 7.05 Å². The van der Waals surface area contributed by atoms with Gasteiger partial charge in [-0.15, -0.1) is 0 Å². The highest BCUT2D eigenvalue weighted by atomic mass is 15.2. The third-order valence-corrected chi connectivity index (χ3v) is 3.33. The Morgan fingerprint density at radius 3 is 2.79 bits per heavy atom. The van der Waals surface area contributed by atoms with E-state index in [-0.39, 0.29) is 0 Å². The molecule has 0 aliphatic heterocycles. The van der Waals surface area contributed by atoms with E-state index in [9.17, 15) is 0 Å². The molecule has 4 nitrogen and oxygen atoms in total. The summed E-state index contributed by atoms with van der Waals surface area (Å²) in [4.78, 5) is 4.22. The number of aromatic nitrogens is 3. The molecule has 2 aromatic heterocycles. The average Bonchev–Trinajstić information content (AvgIpc) is 2.84. The lowest BCUT2D eigenvalue weighted by molar-refractivity contribution is 0.535. The molecule has 2 heterocycles. The molecular weight excluding hydrogens is 236 g/mol. The van der Waals surface area contributed by atoms with Gasteiger partial charge in [0.25, 0.3) is 0 Å². The van der Waals surface area contributed by atoms with Crippen LogP contribution in [0.1, 0.15) is 36.7 Å². The third kappa shape index (κ3) is 3.41. The fraction of sp³-hybridized carbons (Fsp3) is 0.467. The first-order valence-electron chi connectivity index (χ1n) is 6.89. The van der Waals surface area contributed by atoms with Gasteiger partial charge in [-0.1, -0.05) is 13.8 Å².